The van der Waals surface area contributed by atoms with Crippen molar-refractivity contribution >= 4 is 29.0 Å². The normalized spacial score (nSPS) is 16.9. The summed E-state index contributed by atoms with van der Waals surface area (Å²) in [5.74, 6) is -1.27. The molecular formula is C15H19NO5S. The first-order valence-corrected chi connectivity index (χ1v) is 8.06. The number of carbonyl (C=O) groups excluding carboxylic acids is 2. The number of aliphatic carboxylic acids is 1. The zero-order chi connectivity index (χ0) is 16.0. The van der Waals surface area contributed by atoms with Crippen molar-refractivity contribution in [3.8, 4) is 0 Å². The number of carbonyl (C=O) groups is 3. The van der Waals surface area contributed by atoms with Gasteiger partial charge in [-0.25, -0.2) is 0 Å². The summed E-state index contributed by atoms with van der Waals surface area (Å²) in [6.07, 6.45) is 0.978. The molecule has 2 rings (SSSR count). The summed E-state index contributed by atoms with van der Waals surface area (Å²) < 4.78 is 5.18. The summed E-state index contributed by atoms with van der Waals surface area (Å²) in [7, 11) is 0. The second-order valence-corrected chi connectivity index (χ2v) is 6.32. The standard InChI is InChI=1S/C15H19NO5S/c17-11(12-2-1-9-22-12)3-4-13(18)16-10-15(14(19)20)5-7-21-8-6-15/h1-2,9H,3-8,10H2,(H,16,18)(H,19,20). The fourth-order valence-electron chi connectivity index (χ4n) is 2.37. The number of ketones is 1. The van der Waals surface area contributed by atoms with Crippen LogP contribution in [0.15, 0.2) is 17.5 Å². The number of hydrogen-bond acceptors (Lipinski definition) is 5. The van der Waals surface area contributed by atoms with Gasteiger partial charge in [0, 0.05) is 32.6 Å². The third kappa shape index (κ3) is 4.14. The predicted molar refractivity (Wildman–Crippen MR) is 81.0 cm³/mol. The number of thiophene rings is 1. The molecule has 1 aromatic heterocycles. The van der Waals surface area contributed by atoms with Gasteiger partial charge in [-0.05, 0) is 24.3 Å². The molecule has 0 unspecified atom stereocenters. The fraction of sp³-hybridized carbons (Fsp3) is 0.533. The lowest BCUT2D eigenvalue weighted by Gasteiger charge is -2.33. The van der Waals surface area contributed by atoms with Crippen molar-refractivity contribution in [2.75, 3.05) is 19.8 Å². The molecule has 1 aromatic rings. The molecule has 1 saturated heterocycles. The Kier molecular flexibility index (Phi) is 5.68. The highest BCUT2D eigenvalue weighted by molar-refractivity contribution is 7.12. The molecule has 0 atom stereocenters. The van der Waals surface area contributed by atoms with Crippen LogP contribution in [0.5, 0.6) is 0 Å². The topological polar surface area (TPSA) is 92.7 Å². The Morgan fingerprint density at radius 3 is 2.59 bits per heavy atom. The molecular weight excluding hydrogens is 306 g/mol. The molecule has 1 fully saturated rings. The molecule has 1 amide bonds. The maximum Gasteiger partial charge on any atom is 0.311 e. The quantitative estimate of drug-likeness (QED) is 0.745. The summed E-state index contributed by atoms with van der Waals surface area (Å²) in [4.78, 5) is 35.7. The molecule has 0 aromatic carbocycles. The molecule has 0 bridgehead atoms. The molecule has 0 aliphatic carbocycles. The number of ether oxygens (including phenoxy) is 1. The van der Waals surface area contributed by atoms with Crippen LogP contribution < -0.4 is 5.32 Å². The minimum absolute atomic E-state index is 0.0656. The highest BCUT2D eigenvalue weighted by Gasteiger charge is 2.40. The van der Waals surface area contributed by atoms with E-state index in [2.05, 4.69) is 5.32 Å². The van der Waals surface area contributed by atoms with Gasteiger partial charge in [-0.2, -0.15) is 0 Å². The Labute approximate surface area is 132 Å². The van der Waals surface area contributed by atoms with Crippen molar-refractivity contribution in [2.45, 2.75) is 25.7 Å². The van der Waals surface area contributed by atoms with Gasteiger partial charge in [-0.1, -0.05) is 6.07 Å². The molecule has 7 heteroatoms. The van der Waals surface area contributed by atoms with Crippen molar-refractivity contribution in [3.63, 3.8) is 0 Å². The lowest BCUT2D eigenvalue weighted by molar-refractivity contribution is -0.154. The first-order valence-electron chi connectivity index (χ1n) is 7.18. The van der Waals surface area contributed by atoms with Gasteiger partial charge in [0.2, 0.25) is 5.91 Å². The van der Waals surface area contributed by atoms with E-state index in [9.17, 15) is 19.5 Å². The number of carboxylic acids is 1. The molecule has 0 spiro atoms. The molecule has 1 aliphatic heterocycles. The van der Waals surface area contributed by atoms with Crippen LogP contribution in [0.25, 0.3) is 0 Å². The lowest BCUT2D eigenvalue weighted by Crippen LogP contribution is -2.46. The van der Waals surface area contributed by atoms with Gasteiger partial charge < -0.3 is 15.2 Å². The highest BCUT2D eigenvalue weighted by atomic mass is 32.1. The van der Waals surface area contributed by atoms with E-state index in [-0.39, 0.29) is 31.1 Å². The Morgan fingerprint density at radius 2 is 2.00 bits per heavy atom. The van der Waals surface area contributed by atoms with Crippen LogP contribution in [0, 0.1) is 5.41 Å². The highest BCUT2D eigenvalue weighted by Crippen LogP contribution is 2.30. The molecule has 1 aliphatic rings. The SMILES string of the molecule is O=C(CCC(=O)c1cccs1)NCC1(C(=O)O)CCOCC1. The number of hydrogen-bond donors (Lipinski definition) is 2. The Bertz CT molecular complexity index is 534. The van der Waals surface area contributed by atoms with Crippen LogP contribution in [0.3, 0.4) is 0 Å². The zero-order valence-corrected chi connectivity index (χ0v) is 13.0. The number of Topliss-reactive ketones (excluding diaryl/α,β-unsaturated/α-hetero) is 1. The Balaban J connectivity index is 1.79. The summed E-state index contributed by atoms with van der Waals surface area (Å²) in [6.45, 7) is 0.857. The fourth-order valence-corrected chi connectivity index (χ4v) is 3.07. The third-order valence-electron chi connectivity index (χ3n) is 3.90. The number of rotatable bonds is 7. The van der Waals surface area contributed by atoms with Crippen molar-refractivity contribution in [1.29, 1.82) is 0 Å². The van der Waals surface area contributed by atoms with Gasteiger partial charge in [0.25, 0.3) is 0 Å². The van der Waals surface area contributed by atoms with Gasteiger partial charge in [0.05, 0.1) is 10.3 Å². The third-order valence-corrected chi connectivity index (χ3v) is 4.81. The number of amides is 1. The van der Waals surface area contributed by atoms with E-state index >= 15 is 0 Å². The second kappa shape index (κ2) is 7.51. The maximum atomic E-state index is 11.8. The van der Waals surface area contributed by atoms with Crippen molar-refractivity contribution < 1.29 is 24.2 Å². The van der Waals surface area contributed by atoms with E-state index in [1.54, 1.807) is 12.1 Å². The molecule has 6 nitrogen and oxygen atoms in total. The van der Waals surface area contributed by atoms with E-state index in [0.717, 1.165) is 0 Å². The predicted octanol–water partition coefficient (Wildman–Crippen LogP) is 1.71. The number of nitrogens with one attached hydrogen (secondary N) is 1. The average molecular weight is 325 g/mol. The monoisotopic (exact) mass is 325 g/mol. The molecule has 2 heterocycles. The lowest BCUT2D eigenvalue weighted by atomic mass is 9.80. The van der Waals surface area contributed by atoms with Crippen LogP contribution in [-0.4, -0.2) is 42.5 Å². The summed E-state index contributed by atoms with van der Waals surface area (Å²) in [6, 6.07) is 3.52. The minimum Gasteiger partial charge on any atom is -0.481 e. The molecule has 120 valence electrons. The Morgan fingerprint density at radius 1 is 1.27 bits per heavy atom. The molecule has 2 N–H and O–H groups in total. The van der Waals surface area contributed by atoms with Crippen molar-refractivity contribution in [3.05, 3.63) is 22.4 Å². The average Bonchev–Trinajstić information content (AvgIpc) is 3.06. The van der Waals surface area contributed by atoms with Gasteiger partial charge in [0.15, 0.2) is 5.78 Å². The van der Waals surface area contributed by atoms with E-state index in [0.29, 0.717) is 30.9 Å². The molecule has 0 radical (unpaired) electrons. The Hall–Kier alpha value is -1.73. The maximum absolute atomic E-state index is 11.8. The largest absolute Gasteiger partial charge is 0.481 e. The summed E-state index contributed by atoms with van der Waals surface area (Å²) in [5, 5.41) is 13.9. The summed E-state index contributed by atoms with van der Waals surface area (Å²) >= 11 is 1.35. The van der Waals surface area contributed by atoms with E-state index in [1.807, 2.05) is 5.38 Å². The van der Waals surface area contributed by atoms with Crippen LogP contribution in [0.1, 0.15) is 35.4 Å². The smallest absolute Gasteiger partial charge is 0.311 e. The van der Waals surface area contributed by atoms with Crippen LogP contribution in [0.2, 0.25) is 0 Å². The first-order chi connectivity index (χ1) is 10.5. The van der Waals surface area contributed by atoms with Gasteiger partial charge in [0.1, 0.15) is 0 Å². The number of carboxylic acid groups (broad SMARTS) is 1. The van der Waals surface area contributed by atoms with Crippen LogP contribution in [-0.2, 0) is 14.3 Å². The molecule has 0 saturated carbocycles. The van der Waals surface area contributed by atoms with Crippen LogP contribution in [0.4, 0.5) is 0 Å². The van der Waals surface area contributed by atoms with E-state index in [1.165, 1.54) is 11.3 Å². The van der Waals surface area contributed by atoms with E-state index < -0.39 is 11.4 Å². The summed E-state index contributed by atoms with van der Waals surface area (Å²) in [5.41, 5.74) is -0.953. The van der Waals surface area contributed by atoms with Gasteiger partial charge in [-0.15, -0.1) is 11.3 Å². The zero-order valence-electron chi connectivity index (χ0n) is 12.2. The van der Waals surface area contributed by atoms with Crippen molar-refractivity contribution in [2.24, 2.45) is 5.41 Å². The van der Waals surface area contributed by atoms with Crippen LogP contribution >= 0.6 is 11.3 Å². The first kappa shape index (κ1) is 16.6. The second-order valence-electron chi connectivity index (χ2n) is 5.38. The minimum atomic E-state index is -0.953. The van der Waals surface area contributed by atoms with E-state index in [4.69, 9.17) is 4.74 Å². The van der Waals surface area contributed by atoms with Gasteiger partial charge in [-0.3, -0.25) is 14.4 Å². The van der Waals surface area contributed by atoms with Gasteiger partial charge >= 0.3 is 5.97 Å². The molecule has 22 heavy (non-hydrogen) atoms. The van der Waals surface area contributed by atoms with Crippen molar-refractivity contribution in [1.82, 2.24) is 5.32 Å².